The Bertz CT molecular complexity index is 519. The van der Waals surface area contributed by atoms with Crippen molar-refractivity contribution < 1.29 is 0 Å². The van der Waals surface area contributed by atoms with Crippen molar-refractivity contribution in [2.45, 2.75) is 26.3 Å². The van der Waals surface area contributed by atoms with E-state index in [1.54, 1.807) is 7.05 Å². The third kappa shape index (κ3) is 2.62. The molecule has 7 nitrogen and oxygen atoms in total. The summed E-state index contributed by atoms with van der Waals surface area (Å²) in [5.74, 6) is 0.633. The third-order valence-corrected chi connectivity index (χ3v) is 2.49. The van der Waals surface area contributed by atoms with Crippen molar-refractivity contribution in [3.63, 3.8) is 0 Å². The molecule has 0 bridgehead atoms. The minimum atomic E-state index is -0.187. The van der Waals surface area contributed by atoms with Gasteiger partial charge in [-0.05, 0) is 30.7 Å². The summed E-state index contributed by atoms with van der Waals surface area (Å²) in [5.41, 5.74) is 8.79. The van der Waals surface area contributed by atoms with Crippen molar-refractivity contribution in [2.24, 2.45) is 12.8 Å². The molecule has 2 N–H and O–H groups in total. The zero-order valence-corrected chi connectivity index (χ0v) is 10.1. The molecule has 0 amide bonds. The maximum atomic E-state index is 6.12. The minimum Gasteiger partial charge on any atom is -0.324 e. The van der Waals surface area contributed by atoms with E-state index in [9.17, 15) is 0 Å². The van der Waals surface area contributed by atoms with Crippen LogP contribution >= 0.6 is 0 Å². The molecule has 2 rings (SSSR count). The van der Waals surface area contributed by atoms with E-state index in [1.165, 1.54) is 4.80 Å². The summed E-state index contributed by atoms with van der Waals surface area (Å²) < 4.78 is 0. The van der Waals surface area contributed by atoms with Crippen LogP contribution in [0.15, 0.2) is 6.07 Å². The van der Waals surface area contributed by atoms with Crippen LogP contribution in [0.4, 0.5) is 0 Å². The first-order chi connectivity index (χ1) is 8.06. The molecular weight excluding hydrogens is 218 g/mol. The topological polar surface area (TPSA) is 95.4 Å². The Kier molecular flexibility index (Phi) is 3.10. The summed E-state index contributed by atoms with van der Waals surface area (Å²) in [5, 5.41) is 19.8. The Labute approximate surface area is 99.0 Å². The Morgan fingerprint density at radius 3 is 2.71 bits per heavy atom. The van der Waals surface area contributed by atoms with Gasteiger partial charge in [-0.2, -0.15) is 15.0 Å². The highest BCUT2D eigenvalue weighted by atomic mass is 15.6. The van der Waals surface area contributed by atoms with Gasteiger partial charge in [-0.25, -0.2) is 0 Å². The summed E-state index contributed by atoms with van der Waals surface area (Å²) in [7, 11) is 1.73. The molecule has 0 aliphatic rings. The quantitative estimate of drug-likeness (QED) is 0.792. The predicted molar refractivity (Wildman–Crippen MR) is 60.9 cm³/mol. The molecule has 2 aromatic rings. The van der Waals surface area contributed by atoms with Gasteiger partial charge in [-0.1, -0.05) is 0 Å². The number of aryl methyl sites for hydroxylation is 3. The van der Waals surface area contributed by atoms with Crippen LogP contribution in [0, 0.1) is 13.8 Å². The second-order valence-corrected chi connectivity index (χ2v) is 4.03. The van der Waals surface area contributed by atoms with E-state index in [2.05, 4.69) is 25.6 Å². The first-order valence-electron chi connectivity index (χ1n) is 5.35. The highest BCUT2D eigenvalue weighted by molar-refractivity contribution is 5.24. The molecule has 17 heavy (non-hydrogen) atoms. The monoisotopic (exact) mass is 233 g/mol. The van der Waals surface area contributed by atoms with Gasteiger partial charge in [0.2, 0.25) is 0 Å². The van der Waals surface area contributed by atoms with Gasteiger partial charge in [0.1, 0.15) is 0 Å². The number of aromatic nitrogens is 6. The molecule has 0 radical (unpaired) electrons. The molecule has 2 aromatic heterocycles. The molecule has 0 aliphatic carbocycles. The Balaban J connectivity index is 2.19. The van der Waals surface area contributed by atoms with Crippen molar-refractivity contribution in [3.05, 3.63) is 28.8 Å². The SMILES string of the molecule is Cc1cc(C(N)Cc2nnn(C)n2)c(C)nn1. The van der Waals surface area contributed by atoms with E-state index in [-0.39, 0.29) is 6.04 Å². The van der Waals surface area contributed by atoms with Crippen LogP contribution in [-0.4, -0.2) is 30.4 Å². The predicted octanol–water partition coefficient (Wildman–Crippen LogP) is -0.141. The number of nitrogens with zero attached hydrogens (tertiary/aromatic N) is 6. The van der Waals surface area contributed by atoms with Gasteiger partial charge < -0.3 is 5.73 Å². The summed E-state index contributed by atoms with van der Waals surface area (Å²) in [6.07, 6.45) is 0.541. The fourth-order valence-electron chi connectivity index (χ4n) is 1.66. The summed E-state index contributed by atoms with van der Waals surface area (Å²) in [6.45, 7) is 3.79. The van der Waals surface area contributed by atoms with Crippen molar-refractivity contribution in [1.29, 1.82) is 0 Å². The molecule has 7 heteroatoms. The average molecular weight is 233 g/mol. The standard InChI is InChI=1S/C10H15N7/c1-6-4-8(7(2)13-12-6)9(11)5-10-14-16-17(3)15-10/h4,9H,5,11H2,1-3H3. The molecule has 0 saturated carbocycles. The van der Waals surface area contributed by atoms with Crippen LogP contribution in [0.3, 0.4) is 0 Å². The molecular formula is C10H15N7. The van der Waals surface area contributed by atoms with Crippen molar-refractivity contribution in [3.8, 4) is 0 Å². The zero-order valence-electron chi connectivity index (χ0n) is 10.1. The first kappa shape index (κ1) is 11.6. The molecule has 1 unspecified atom stereocenters. The van der Waals surface area contributed by atoms with Crippen LogP contribution in [0.2, 0.25) is 0 Å². The minimum absolute atomic E-state index is 0.187. The van der Waals surface area contributed by atoms with Crippen LogP contribution in [0.5, 0.6) is 0 Å². The van der Waals surface area contributed by atoms with E-state index in [0.717, 1.165) is 17.0 Å². The van der Waals surface area contributed by atoms with E-state index in [0.29, 0.717) is 12.2 Å². The summed E-state index contributed by atoms with van der Waals surface area (Å²) in [6, 6.07) is 1.76. The zero-order chi connectivity index (χ0) is 12.4. The van der Waals surface area contributed by atoms with Gasteiger partial charge in [-0.15, -0.1) is 10.2 Å². The lowest BCUT2D eigenvalue weighted by molar-refractivity contribution is 0.621. The highest BCUT2D eigenvalue weighted by Crippen LogP contribution is 2.16. The van der Waals surface area contributed by atoms with Gasteiger partial charge in [0.25, 0.3) is 0 Å². The van der Waals surface area contributed by atoms with E-state index in [4.69, 9.17) is 5.73 Å². The number of nitrogens with two attached hydrogens (primary N) is 1. The summed E-state index contributed by atoms with van der Waals surface area (Å²) >= 11 is 0. The molecule has 1 atom stereocenters. The Morgan fingerprint density at radius 2 is 2.06 bits per heavy atom. The van der Waals surface area contributed by atoms with Crippen molar-refractivity contribution in [1.82, 2.24) is 30.4 Å². The maximum absolute atomic E-state index is 6.12. The van der Waals surface area contributed by atoms with Crippen LogP contribution in [0.1, 0.15) is 28.8 Å². The van der Waals surface area contributed by atoms with Gasteiger partial charge in [0.05, 0.1) is 18.4 Å². The largest absolute Gasteiger partial charge is 0.324 e. The smallest absolute Gasteiger partial charge is 0.176 e. The molecule has 0 fully saturated rings. The van der Waals surface area contributed by atoms with Crippen molar-refractivity contribution >= 4 is 0 Å². The fourth-order valence-corrected chi connectivity index (χ4v) is 1.66. The number of hydrogen-bond donors (Lipinski definition) is 1. The molecule has 2 heterocycles. The fraction of sp³-hybridized carbons (Fsp3) is 0.500. The summed E-state index contributed by atoms with van der Waals surface area (Å²) in [4.78, 5) is 1.42. The van der Waals surface area contributed by atoms with E-state index in [1.807, 2.05) is 19.9 Å². The molecule has 0 aromatic carbocycles. The highest BCUT2D eigenvalue weighted by Gasteiger charge is 2.14. The van der Waals surface area contributed by atoms with E-state index < -0.39 is 0 Å². The second-order valence-electron chi connectivity index (χ2n) is 4.03. The van der Waals surface area contributed by atoms with E-state index >= 15 is 0 Å². The van der Waals surface area contributed by atoms with Crippen molar-refractivity contribution in [2.75, 3.05) is 0 Å². The van der Waals surface area contributed by atoms with Gasteiger partial charge >= 0.3 is 0 Å². The average Bonchev–Trinajstić information content (AvgIpc) is 2.67. The lowest BCUT2D eigenvalue weighted by Crippen LogP contribution is -2.17. The second kappa shape index (κ2) is 4.54. The lowest BCUT2D eigenvalue weighted by atomic mass is 10.0. The Hall–Kier alpha value is -1.89. The molecule has 0 saturated heterocycles. The van der Waals surface area contributed by atoms with Crippen LogP contribution < -0.4 is 5.73 Å². The third-order valence-electron chi connectivity index (χ3n) is 2.49. The van der Waals surface area contributed by atoms with Gasteiger partial charge in [0, 0.05) is 12.5 Å². The van der Waals surface area contributed by atoms with Crippen LogP contribution in [-0.2, 0) is 13.5 Å². The molecule has 0 aliphatic heterocycles. The van der Waals surface area contributed by atoms with Gasteiger partial charge in [0.15, 0.2) is 5.82 Å². The molecule has 90 valence electrons. The van der Waals surface area contributed by atoms with Gasteiger partial charge in [-0.3, -0.25) is 0 Å². The maximum Gasteiger partial charge on any atom is 0.176 e. The normalized spacial score (nSPS) is 12.7. The number of hydrogen-bond acceptors (Lipinski definition) is 6. The number of rotatable bonds is 3. The number of tetrazole rings is 1. The lowest BCUT2D eigenvalue weighted by Gasteiger charge is -2.11. The first-order valence-corrected chi connectivity index (χ1v) is 5.35. The molecule has 0 spiro atoms. The Morgan fingerprint density at radius 1 is 1.29 bits per heavy atom. The van der Waals surface area contributed by atoms with Crippen LogP contribution in [0.25, 0.3) is 0 Å².